The fourth-order valence-electron chi connectivity index (χ4n) is 1.30. The molecule has 0 aliphatic heterocycles. The standard InChI is InChI=1S/C11H26N2S/c1-9(2)11(7-12)8-13-6-5-10(3)14-4/h9-11,13H,5-8,12H2,1-4H3. The molecule has 0 bridgehead atoms. The van der Waals surface area contributed by atoms with E-state index in [0.29, 0.717) is 11.8 Å². The number of hydrogen-bond donors (Lipinski definition) is 2. The lowest BCUT2D eigenvalue weighted by atomic mass is 9.96. The van der Waals surface area contributed by atoms with E-state index in [1.807, 2.05) is 11.8 Å². The summed E-state index contributed by atoms with van der Waals surface area (Å²) in [4.78, 5) is 0. The second-order valence-electron chi connectivity index (χ2n) is 4.28. The van der Waals surface area contributed by atoms with E-state index in [1.165, 1.54) is 6.42 Å². The Labute approximate surface area is 93.4 Å². The van der Waals surface area contributed by atoms with Crippen molar-refractivity contribution in [2.75, 3.05) is 25.9 Å². The first-order valence-corrected chi connectivity index (χ1v) is 6.84. The van der Waals surface area contributed by atoms with Gasteiger partial charge < -0.3 is 11.1 Å². The van der Waals surface area contributed by atoms with Crippen molar-refractivity contribution < 1.29 is 0 Å². The molecular formula is C11H26N2S. The summed E-state index contributed by atoms with van der Waals surface area (Å²) in [5.74, 6) is 1.31. The Balaban J connectivity index is 3.42. The molecule has 0 aliphatic rings. The molecule has 0 fully saturated rings. The van der Waals surface area contributed by atoms with Gasteiger partial charge in [0.1, 0.15) is 0 Å². The maximum Gasteiger partial charge on any atom is 0.00280 e. The minimum Gasteiger partial charge on any atom is -0.330 e. The molecule has 2 unspecified atom stereocenters. The molecule has 0 aromatic carbocycles. The van der Waals surface area contributed by atoms with E-state index in [9.17, 15) is 0 Å². The van der Waals surface area contributed by atoms with Gasteiger partial charge in [-0.15, -0.1) is 0 Å². The summed E-state index contributed by atoms with van der Waals surface area (Å²) in [5, 5.41) is 4.25. The quantitative estimate of drug-likeness (QED) is 0.612. The van der Waals surface area contributed by atoms with E-state index < -0.39 is 0 Å². The summed E-state index contributed by atoms with van der Waals surface area (Å²) in [6.45, 7) is 9.73. The van der Waals surface area contributed by atoms with Crippen LogP contribution in [0.3, 0.4) is 0 Å². The van der Waals surface area contributed by atoms with Crippen LogP contribution < -0.4 is 11.1 Å². The maximum atomic E-state index is 5.70. The van der Waals surface area contributed by atoms with Crippen LogP contribution >= 0.6 is 11.8 Å². The number of nitrogens with two attached hydrogens (primary N) is 1. The van der Waals surface area contributed by atoms with Crippen LogP contribution in [0.25, 0.3) is 0 Å². The zero-order valence-electron chi connectivity index (χ0n) is 10.0. The molecule has 0 aromatic rings. The second kappa shape index (κ2) is 8.57. The fraction of sp³-hybridized carbons (Fsp3) is 1.00. The predicted molar refractivity (Wildman–Crippen MR) is 67.8 cm³/mol. The van der Waals surface area contributed by atoms with Crippen LogP contribution in [-0.2, 0) is 0 Å². The fourth-order valence-corrected chi connectivity index (χ4v) is 1.66. The highest BCUT2D eigenvalue weighted by Crippen LogP contribution is 2.09. The Morgan fingerprint density at radius 2 is 1.93 bits per heavy atom. The number of rotatable bonds is 8. The van der Waals surface area contributed by atoms with Gasteiger partial charge in [-0.05, 0) is 44.1 Å². The summed E-state index contributed by atoms with van der Waals surface area (Å²) in [7, 11) is 0. The SMILES string of the molecule is CSC(C)CCNCC(CN)C(C)C. The van der Waals surface area contributed by atoms with E-state index in [1.54, 1.807) is 0 Å². The smallest absolute Gasteiger partial charge is 0.00280 e. The van der Waals surface area contributed by atoms with Gasteiger partial charge in [0, 0.05) is 5.25 Å². The Morgan fingerprint density at radius 3 is 2.36 bits per heavy atom. The van der Waals surface area contributed by atoms with Crippen LogP contribution in [0.4, 0.5) is 0 Å². The molecule has 0 saturated carbocycles. The molecule has 0 saturated heterocycles. The maximum absolute atomic E-state index is 5.70. The van der Waals surface area contributed by atoms with Crippen LogP contribution in [-0.4, -0.2) is 31.1 Å². The van der Waals surface area contributed by atoms with Gasteiger partial charge in [0.05, 0.1) is 0 Å². The third-order valence-electron chi connectivity index (χ3n) is 2.78. The second-order valence-corrected chi connectivity index (χ2v) is 5.56. The van der Waals surface area contributed by atoms with E-state index in [2.05, 4.69) is 32.3 Å². The molecule has 0 aromatic heterocycles. The Hall–Kier alpha value is 0.270. The largest absolute Gasteiger partial charge is 0.330 e. The number of nitrogens with one attached hydrogen (secondary N) is 1. The monoisotopic (exact) mass is 218 g/mol. The summed E-state index contributed by atoms with van der Waals surface area (Å²) in [6.07, 6.45) is 3.41. The lowest BCUT2D eigenvalue weighted by Crippen LogP contribution is -2.32. The summed E-state index contributed by atoms with van der Waals surface area (Å²) >= 11 is 1.93. The highest BCUT2D eigenvalue weighted by molar-refractivity contribution is 7.99. The Kier molecular flexibility index (Phi) is 8.73. The van der Waals surface area contributed by atoms with E-state index in [4.69, 9.17) is 5.73 Å². The van der Waals surface area contributed by atoms with Crippen molar-refractivity contribution in [2.45, 2.75) is 32.4 Å². The lowest BCUT2D eigenvalue weighted by Gasteiger charge is -2.19. The molecule has 0 heterocycles. The topological polar surface area (TPSA) is 38.0 Å². The molecule has 0 rings (SSSR count). The van der Waals surface area contributed by atoms with Gasteiger partial charge in [-0.3, -0.25) is 0 Å². The van der Waals surface area contributed by atoms with Crippen molar-refractivity contribution in [1.82, 2.24) is 5.32 Å². The molecule has 86 valence electrons. The van der Waals surface area contributed by atoms with Crippen LogP contribution in [0.15, 0.2) is 0 Å². The van der Waals surface area contributed by atoms with Crippen molar-refractivity contribution in [1.29, 1.82) is 0 Å². The van der Waals surface area contributed by atoms with Gasteiger partial charge in [0.15, 0.2) is 0 Å². The predicted octanol–water partition coefficient (Wildman–Crippen LogP) is 1.95. The van der Waals surface area contributed by atoms with Crippen LogP contribution in [0.1, 0.15) is 27.2 Å². The first-order valence-electron chi connectivity index (χ1n) is 5.55. The molecule has 3 heteroatoms. The Morgan fingerprint density at radius 1 is 1.29 bits per heavy atom. The lowest BCUT2D eigenvalue weighted by molar-refractivity contribution is 0.371. The highest BCUT2D eigenvalue weighted by atomic mass is 32.2. The summed E-state index contributed by atoms with van der Waals surface area (Å²) in [6, 6.07) is 0. The summed E-state index contributed by atoms with van der Waals surface area (Å²) < 4.78 is 0. The van der Waals surface area contributed by atoms with Crippen LogP contribution in [0.5, 0.6) is 0 Å². The van der Waals surface area contributed by atoms with Gasteiger partial charge in [-0.1, -0.05) is 20.8 Å². The summed E-state index contributed by atoms with van der Waals surface area (Å²) in [5.41, 5.74) is 5.70. The Bertz CT molecular complexity index is 128. The third kappa shape index (κ3) is 6.68. The normalized spacial score (nSPS) is 15.9. The van der Waals surface area contributed by atoms with Crippen molar-refractivity contribution >= 4 is 11.8 Å². The first-order chi connectivity index (χ1) is 6.61. The van der Waals surface area contributed by atoms with Crippen molar-refractivity contribution in [3.05, 3.63) is 0 Å². The number of hydrogen-bond acceptors (Lipinski definition) is 3. The van der Waals surface area contributed by atoms with E-state index >= 15 is 0 Å². The molecular weight excluding hydrogens is 192 g/mol. The molecule has 0 radical (unpaired) electrons. The van der Waals surface area contributed by atoms with Crippen LogP contribution in [0, 0.1) is 11.8 Å². The van der Waals surface area contributed by atoms with E-state index in [0.717, 1.165) is 24.9 Å². The molecule has 0 amide bonds. The minimum atomic E-state index is 0.625. The van der Waals surface area contributed by atoms with Gasteiger partial charge in [-0.2, -0.15) is 11.8 Å². The van der Waals surface area contributed by atoms with E-state index in [-0.39, 0.29) is 0 Å². The average Bonchev–Trinajstić information content (AvgIpc) is 2.16. The molecule has 3 N–H and O–H groups in total. The first kappa shape index (κ1) is 14.3. The molecule has 14 heavy (non-hydrogen) atoms. The zero-order valence-corrected chi connectivity index (χ0v) is 10.9. The van der Waals surface area contributed by atoms with Gasteiger partial charge >= 0.3 is 0 Å². The molecule has 0 aliphatic carbocycles. The van der Waals surface area contributed by atoms with Crippen molar-refractivity contribution in [2.24, 2.45) is 17.6 Å². The van der Waals surface area contributed by atoms with Gasteiger partial charge in [0.25, 0.3) is 0 Å². The molecule has 2 nitrogen and oxygen atoms in total. The minimum absolute atomic E-state index is 0.625. The van der Waals surface area contributed by atoms with Crippen molar-refractivity contribution in [3.63, 3.8) is 0 Å². The molecule has 2 atom stereocenters. The third-order valence-corrected chi connectivity index (χ3v) is 3.82. The molecule has 0 spiro atoms. The average molecular weight is 218 g/mol. The highest BCUT2D eigenvalue weighted by Gasteiger charge is 2.10. The van der Waals surface area contributed by atoms with Gasteiger partial charge in [-0.25, -0.2) is 0 Å². The van der Waals surface area contributed by atoms with Crippen molar-refractivity contribution in [3.8, 4) is 0 Å². The van der Waals surface area contributed by atoms with Gasteiger partial charge in [0.2, 0.25) is 0 Å². The zero-order chi connectivity index (χ0) is 11.0. The van der Waals surface area contributed by atoms with Crippen LogP contribution in [0.2, 0.25) is 0 Å². The number of thioether (sulfide) groups is 1.